The third kappa shape index (κ3) is 4.05. The fourth-order valence-electron chi connectivity index (χ4n) is 4.16. The van der Waals surface area contributed by atoms with E-state index < -0.39 is 0 Å². The molecule has 2 aromatic carbocycles. The summed E-state index contributed by atoms with van der Waals surface area (Å²) in [6.07, 6.45) is 6.65. The second-order valence-electron chi connectivity index (χ2n) is 7.72. The van der Waals surface area contributed by atoms with E-state index in [0.717, 1.165) is 34.4 Å². The second-order valence-corrected chi connectivity index (χ2v) is 8.63. The van der Waals surface area contributed by atoms with Crippen molar-refractivity contribution in [3.63, 3.8) is 0 Å². The summed E-state index contributed by atoms with van der Waals surface area (Å²) >= 11 is 3.60. The largest absolute Gasteiger partial charge is 0.328 e. The standard InChI is InChI=1S/C24H21BrN6/c25-20-3-1-2-19(10-20)23-24-22(8-9-28-23)29-16-31(24)14-21-12-27-15-30(21)13-18-6-4-17(11-26)5-7-18/h1-7,10,12,15-16,23,28H,8-9,13-14H2. The Balaban J connectivity index is 1.43. The molecular weight excluding hydrogens is 452 g/mol. The van der Waals surface area contributed by atoms with Gasteiger partial charge in [-0.3, -0.25) is 0 Å². The zero-order chi connectivity index (χ0) is 21.2. The maximum absolute atomic E-state index is 9.01. The molecule has 1 N–H and O–H groups in total. The van der Waals surface area contributed by atoms with Gasteiger partial charge in [0.05, 0.1) is 54.0 Å². The first-order valence-electron chi connectivity index (χ1n) is 10.2. The average Bonchev–Trinajstić information content (AvgIpc) is 3.41. The maximum atomic E-state index is 9.01. The Morgan fingerprint density at radius 3 is 2.77 bits per heavy atom. The molecule has 154 valence electrons. The van der Waals surface area contributed by atoms with Crippen molar-refractivity contribution in [1.29, 1.82) is 5.26 Å². The van der Waals surface area contributed by atoms with Gasteiger partial charge in [0.15, 0.2) is 0 Å². The van der Waals surface area contributed by atoms with Crippen LogP contribution in [0.25, 0.3) is 0 Å². The van der Waals surface area contributed by atoms with Gasteiger partial charge in [-0.25, -0.2) is 9.97 Å². The first-order valence-corrected chi connectivity index (χ1v) is 11.0. The first kappa shape index (κ1) is 19.7. The smallest absolute Gasteiger partial charge is 0.0991 e. The van der Waals surface area contributed by atoms with Gasteiger partial charge in [-0.1, -0.05) is 40.2 Å². The molecule has 0 spiro atoms. The molecule has 0 amide bonds. The van der Waals surface area contributed by atoms with Crippen LogP contribution in [0.2, 0.25) is 0 Å². The molecule has 31 heavy (non-hydrogen) atoms. The Hall–Kier alpha value is -3.21. The van der Waals surface area contributed by atoms with Crippen molar-refractivity contribution in [2.24, 2.45) is 0 Å². The number of nitriles is 1. The minimum Gasteiger partial charge on any atom is -0.328 e. The summed E-state index contributed by atoms with van der Waals surface area (Å²) in [5.74, 6) is 0. The molecule has 5 rings (SSSR count). The monoisotopic (exact) mass is 472 g/mol. The Bertz CT molecular complexity index is 1250. The molecule has 7 heteroatoms. The van der Waals surface area contributed by atoms with Gasteiger partial charge in [-0.15, -0.1) is 0 Å². The number of imidazole rings is 2. The Kier molecular flexibility index (Phi) is 5.41. The van der Waals surface area contributed by atoms with Crippen molar-refractivity contribution < 1.29 is 0 Å². The van der Waals surface area contributed by atoms with Crippen LogP contribution in [0, 0.1) is 11.3 Å². The number of hydrogen-bond donors (Lipinski definition) is 1. The van der Waals surface area contributed by atoms with Gasteiger partial charge in [-0.05, 0) is 35.4 Å². The van der Waals surface area contributed by atoms with Crippen molar-refractivity contribution in [1.82, 2.24) is 24.4 Å². The number of hydrogen-bond acceptors (Lipinski definition) is 4. The molecule has 0 fully saturated rings. The van der Waals surface area contributed by atoms with E-state index >= 15 is 0 Å². The van der Waals surface area contributed by atoms with Gasteiger partial charge in [0.2, 0.25) is 0 Å². The normalized spacial score (nSPS) is 15.4. The third-order valence-corrected chi connectivity index (χ3v) is 6.18. The summed E-state index contributed by atoms with van der Waals surface area (Å²) in [6, 6.07) is 18.4. The molecule has 0 aliphatic carbocycles. The molecule has 0 saturated heterocycles. The fourth-order valence-corrected chi connectivity index (χ4v) is 4.57. The Morgan fingerprint density at radius 1 is 1.10 bits per heavy atom. The number of fused-ring (bicyclic) bond motifs is 1. The first-order chi connectivity index (χ1) is 15.2. The summed E-state index contributed by atoms with van der Waals surface area (Å²) in [5, 5.41) is 12.7. The van der Waals surface area contributed by atoms with Crippen LogP contribution in [0.15, 0.2) is 71.9 Å². The summed E-state index contributed by atoms with van der Waals surface area (Å²) in [7, 11) is 0. The molecule has 0 radical (unpaired) electrons. The van der Waals surface area contributed by atoms with Crippen molar-refractivity contribution >= 4 is 15.9 Å². The predicted molar refractivity (Wildman–Crippen MR) is 122 cm³/mol. The molecule has 6 nitrogen and oxygen atoms in total. The van der Waals surface area contributed by atoms with Crippen LogP contribution >= 0.6 is 15.9 Å². The Labute approximate surface area is 189 Å². The lowest BCUT2D eigenvalue weighted by molar-refractivity contribution is 0.523. The highest BCUT2D eigenvalue weighted by Gasteiger charge is 2.26. The Morgan fingerprint density at radius 2 is 1.97 bits per heavy atom. The lowest BCUT2D eigenvalue weighted by atomic mass is 9.97. The lowest BCUT2D eigenvalue weighted by Crippen LogP contribution is -2.32. The number of nitrogens with one attached hydrogen (secondary N) is 1. The van der Waals surface area contributed by atoms with Gasteiger partial charge >= 0.3 is 0 Å². The summed E-state index contributed by atoms with van der Waals surface area (Å²) < 4.78 is 5.46. The number of rotatable bonds is 5. The van der Waals surface area contributed by atoms with Gasteiger partial charge in [-0.2, -0.15) is 5.26 Å². The maximum Gasteiger partial charge on any atom is 0.0991 e. The van der Waals surface area contributed by atoms with E-state index in [1.807, 2.05) is 49.2 Å². The predicted octanol–water partition coefficient (Wildman–Crippen LogP) is 4.05. The van der Waals surface area contributed by atoms with Crippen LogP contribution in [-0.4, -0.2) is 25.6 Å². The van der Waals surface area contributed by atoms with Crippen LogP contribution < -0.4 is 5.32 Å². The summed E-state index contributed by atoms with van der Waals surface area (Å²) in [6.45, 7) is 2.33. The number of halogens is 1. The summed E-state index contributed by atoms with van der Waals surface area (Å²) in [4.78, 5) is 9.11. The quantitative estimate of drug-likeness (QED) is 0.475. The average molecular weight is 473 g/mol. The molecule has 1 aliphatic rings. The highest BCUT2D eigenvalue weighted by Crippen LogP contribution is 2.30. The van der Waals surface area contributed by atoms with Crippen molar-refractivity contribution in [3.8, 4) is 6.07 Å². The fraction of sp³-hybridized carbons (Fsp3) is 0.208. The van der Waals surface area contributed by atoms with Gasteiger partial charge < -0.3 is 14.5 Å². The van der Waals surface area contributed by atoms with E-state index in [0.29, 0.717) is 18.7 Å². The van der Waals surface area contributed by atoms with E-state index in [1.54, 1.807) is 0 Å². The molecule has 1 atom stereocenters. The molecule has 1 aliphatic heterocycles. The van der Waals surface area contributed by atoms with Crippen LogP contribution in [0.1, 0.15) is 39.8 Å². The highest BCUT2D eigenvalue weighted by molar-refractivity contribution is 9.10. The van der Waals surface area contributed by atoms with Crippen LogP contribution in [0.5, 0.6) is 0 Å². The molecule has 0 bridgehead atoms. The van der Waals surface area contributed by atoms with E-state index in [9.17, 15) is 0 Å². The van der Waals surface area contributed by atoms with Gasteiger partial charge in [0.25, 0.3) is 0 Å². The van der Waals surface area contributed by atoms with E-state index in [-0.39, 0.29) is 6.04 Å². The summed E-state index contributed by atoms with van der Waals surface area (Å²) in [5.41, 5.74) is 6.52. The lowest BCUT2D eigenvalue weighted by Gasteiger charge is -2.26. The third-order valence-electron chi connectivity index (χ3n) is 5.69. The van der Waals surface area contributed by atoms with Crippen molar-refractivity contribution in [2.45, 2.75) is 25.6 Å². The zero-order valence-electron chi connectivity index (χ0n) is 16.9. The minimum absolute atomic E-state index is 0.110. The van der Waals surface area contributed by atoms with Crippen molar-refractivity contribution in [2.75, 3.05) is 6.54 Å². The van der Waals surface area contributed by atoms with Crippen molar-refractivity contribution in [3.05, 3.63) is 106 Å². The number of nitrogens with zero attached hydrogens (tertiary/aromatic N) is 5. The van der Waals surface area contributed by atoms with Gasteiger partial charge in [0.1, 0.15) is 0 Å². The highest BCUT2D eigenvalue weighted by atomic mass is 79.9. The van der Waals surface area contributed by atoms with Crippen LogP contribution in [-0.2, 0) is 19.5 Å². The molecule has 4 aromatic rings. The molecule has 2 aromatic heterocycles. The zero-order valence-corrected chi connectivity index (χ0v) is 18.5. The molecular formula is C24H21BrN6. The van der Waals surface area contributed by atoms with Crippen LogP contribution in [0.4, 0.5) is 0 Å². The second kappa shape index (κ2) is 8.50. The molecule has 1 unspecified atom stereocenters. The van der Waals surface area contributed by atoms with Crippen LogP contribution in [0.3, 0.4) is 0 Å². The minimum atomic E-state index is 0.110. The van der Waals surface area contributed by atoms with E-state index in [1.165, 1.54) is 11.3 Å². The molecule has 3 heterocycles. The van der Waals surface area contributed by atoms with E-state index in [2.05, 4.69) is 59.6 Å². The molecule has 0 saturated carbocycles. The number of benzene rings is 2. The number of aromatic nitrogens is 4. The van der Waals surface area contributed by atoms with E-state index in [4.69, 9.17) is 10.2 Å². The SMILES string of the molecule is N#Cc1ccc(Cn2cncc2Cn2cnc3c2C(c2cccc(Br)c2)NCC3)cc1. The topological polar surface area (TPSA) is 71.5 Å². The van der Waals surface area contributed by atoms with Gasteiger partial charge in [0, 0.05) is 30.2 Å².